The van der Waals surface area contributed by atoms with E-state index < -0.39 is 0 Å². The fourth-order valence-corrected chi connectivity index (χ4v) is 2.17. The second-order valence-corrected chi connectivity index (χ2v) is 5.62. The van der Waals surface area contributed by atoms with E-state index in [4.69, 9.17) is 5.73 Å². The van der Waals surface area contributed by atoms with Gasteiger partial charge in [0.05, 0.1) is 0 Å². The number of nitrogens with zero attached hydrogens (tertiary/aromatic N) is 2. The summed E-state index contributed by atoms with van der Waals surface area (Å²) in [6.45, 7) is 11.9. The number of hydrogen-bond acceptors (Lipinski definition) is 3. The van der Waals surface area contributed by atoms with E-state index in [-0.39, 0.29) is 0 Å². The molecule has 4 heteroatoms. The molecule has 0 radical (unpaired) electrons. The first-order valence-electron chi connectivity index (χ1n) is 6.73. The van der Waals surface area contributed by atoms with Gasteiger partial charge in [-0.2, -0.15) is 0 Å². The topological polar surface area (TPSA) is 49.6 Å². The predicted molar refractivity (Wildman–Crippen MR) is 70.7 cm³/mol. The maximum Gasteiger partial charge on any atom is 0.222 e. The van der Waals surface area contributed by atoms with Crippen molar-refractivity contribution in [1.82, 2.24) is 9.80 Å². The van der Waals surface area contributed by atoms with Gasteiger partial charge in [0.2, 0.25) is 5.91 Å². The van der Waals surface area contributed by atoms with Crippen LogP contribution >= 0.6 is 0 Å². The molecule has 1 atom stereocenters. The van der Waals surface area contributed by atoms with Gasteiger partial charge in [0.1, 0.15) is 0 Å². The molecule has 0 spiro atoms. The smallest absolute Gasteiger partial charge is 0.222 e. The van der Waals surface area contributed by atoms with E-state index in [1.807, 2.05) is 4.90 Å². The van der Waals surface area contributed by atoms with E-state index in [2.05, 4.69) is 25.7 Å². The van der Waals surface area contributed by atoms with Crippen LogP contribution in [0.3, 0.4) is 0 Å². The Morgan fingerprint density at radius 2 is 1.76 bits per heavy atom. The molecule has 0 saturated carbocycles. The Bertz CT molecular complexity index is 235. The maximum absolute atomic E-state index is 11.9. The molecule has 1 aliphatic heterocycles. The highest BCUT2D eigenvalue weighted by Crippen LogP contribution is 2.09. The molecule has 1 heterocycles. The predicted octanol–water partition coefficient (Wildman–Crippen LogP) is 0.772. The van der Waals surface area contributed by atoms with Crippen LogP contribution in [0.25, 0.3) is 0 Å². The van der Waals surface area contributed by atoms with Crippen molar-refractivity contribution < 1.29 is 4.79 Å². The summed E-state index contributed by atoms with van der Waals surface area (Å²) in [6, 6.07) is 0. The molecule has 17 heavy (non-hydrogen) atoms. The Morgan fingerprint density at radius 1 is 1.18 bits per heavy atom. The van der Waals surface area contributed by atoms with Gasteiger partial charge >= 0.3 is 0 Å². The van der Waals surface area contributed by atoms with Crippen LogP contribution in [0.5, 0.6) is 0 Å². The van der Waals surface area contributed by atoms with Gasteiger partial charge in [-0.05, 0) is 18.4 Å². The van der Waals surface area contributed by atoms with E-state index in [1.165, 1.54) is 0 Å². The highest BCUT2D eigenvalue weighted by Gasteiger charge is 2.21. The molecule has 0 aromatic heterocycles. The van der Waals surface area contributed by atoms with Crippen LogP contribution in [-0.4, -0.2) is 55.0 Å². The van der Waals surface area contributed by atoms with E-state index in [1.54, 1.807) is 0 Å². The SMILES string of the molecule is CC(C)CC(=O)N1CCN(CC(C)CN)CC1. The number of hydrogen-bond donors (Lipinski definition) is 1. The summed E-state index contributed by atoms with van der Waals surface area (Å²) in [5.41, 5.74) is 5.63. The lowest BCUT2D eigenvalue weighted by atomic mass is 10.1. The van der Waals surface area contributed by atoms with Gasteiger partial charge < -0.3 is 10.6 Å². The second-order valence-electron chi connectivity index (χ2n) is 5.62. The van der Waals surface area contributed by atoms with Gasteiger partial charge in [-0.25, -0.2) is 0 Å². The first-order valence-corrected chi connectivity index (χ1v) is 6.73. The molecular formula is C13H27N3O. The summed E-state index contributed by atoms with van der Waals surface area (Å²) < 4.78 is 0. The van der Waals surface area contributed by atoms with Crippen LogP contribution in [-0.2, 0) is 4.79 Å². The zero-order valence-corrected chi connectivity index (χ0v) is 11.5. The zero-order chi connectivity index (χ0) is 12.8. The first-order chi connectivity index (χ1) is 8.02. The van der Waals surface area contributed by atoms with E-state index in [0.29, 0.717) is 24.2 Å². The second kappa shape index (κ2) is 6.97. The van der Waals surface area contributed by atoms with E-state index >= 15 is 0 Å². The molecule has 1 aliphatic rings. The van der Waals surface area contributed by atoms with Crippen LogP contribution < -0.4 is 5.73 Å². The van der Waals surface area contributed by atoms with Crippen molar-refractivity contribution in [2.45, 2.75) is 27.2 Å². The van der Waals surface area contributed by atoms with Gasteiger partial charge in [0.15, 0.2) is 0 Å². The van der Waals surface area contributed by atoms with Crippen LogP contribution in [0.1, 0.15) is 27.2 Å². The van der Waals surface area contributed by atoms with Crippen molar-refractivity contribution in [3.8, 4) is 0 Å². The van der Waals surface area contributed by atoms with Crippen molar-refractivity contribution in [2.24, 2.45) is 17.6 Å². The molecule has 4 nitrogen and oxygen atoms in total. The Balaban J connectivity index is 2.28. The van der Waals surface area contributed by atoms with Crippen molar-refractivity contribution in [2.75, 3.05) is 39.3 Å². The van der Waals surface area contributed by atoms with Gasteiger partial charge in [-0.3, -0.25) is 9.69 Å². The Kier molecular flexibility index (Phi) is 5.92. The Hall–Kier alpha value is -0.610. The normalized spacial score (nSPS) is 19.7. The summed E-state index contributed by atoms with van der Waals surface area (Å²) in [7, 11) is 0. The Morgan fingerprint density at radius 3 is 2.24 bits per heavy atom. The molecule has 0 aliphatic carbocycles. The van der Waals surface area contributed by atoms with Crippen molar-refractivity contribution in [1.29, 1.82) is 0 Å². The summed E-state index contributed by atoms with van der Waals surface area (Å²) in [5, 5.41) is 0. The number of nitrogens with two attached hydrogens (primary N) is 1. The Labute approximate surface area is 105 Å². The van der Waals surface area contributed by atoms with Crippen molar-refractivity contribution >= 4 is 5.91 Å². The standard InChI is InChI=1S/C13H27N3O/c1-11(2)8-13(17)16-6-4-15(5-7-16)10-12(3)9-14/h11-12H,4-10,14H2,1-3H3. The first kappa shape index (κ1) is 14.5. The molecule has 0 aromatic rings. The summed E-state index contributed by atoms with van der Waals surface area (Å²) in [5.74, 6) is 1.32. The fourth-order valence-electron chi connectivity index (χ4n) is 2.17. The average molecular weight is 241 g/mol. The quantitative estimate of drug-likeness (QED) is 0.773. The van der Waals surface area contributed by atoms with Gasteiger partial charge in [-0.15, -0.1) is 0 Å². The third-order valence-electron chi connectivity index (χ3n) is 3.28. The van der Waals surface area contributed by atoms with Crippen LogP contribution in [0.2, 0.25) is 0 Å². The third kappa shape index (κ3) is 5.04. The number of amides is 1. The maximum atomic E-state index is 11.9. The van der Waals surface area contributed by atoms with Crippen LogP contribution in [0.4, 0.5) is 0 Å². The van der Waals surface area contributed by atoms with E-state index in [0.717, 1.165) is 39.3 Å². The molecule has 1 unspecified atom stereocenters. The zero-order valence-electron chi connectivity index (χ0n) is 11.5. The van der Waals surface area contributed by atoms with Gasteiger partial charge in [-0.1, -0.05) is 20.8 Å². The molecular weight excluding hydrogens is 214 g/mol. The average Bonchev–Trinajstić information content (AvgIpc) is 2.28. The monoisotopic (exact) mass is 241 g/mol. The van der Waals surface area contributed by atoms with Crippen LogP contribution in [0, 0.1) is 11.8 Å². The highest BCUT2D eigenvalue weighted by atomic mass is 16.2. The molecule has 100 valence electrons. The molecule has 2 N–H and O–H groups in total. The fraction of sp³-hybridized carbons (Fsp3) is 0.923. The number of rotatable bonds is 5. The number of carbonyl (C=O) groups is 1. The lowest BCUT2D eigenvalue weighted by Crippen LogP contribution is -2.50. The molecule has 1 rings (SSSR count). The van der Waals surface area contributed by atoms with Crippen LogP contribution in [0.15, 0.2) is 0 Å². The summed E-state index contributed by atoms with van der Waals surface area (Å²) in [6.07, 6.45) is 0.680. The summed E-state index contributed by atoms with van der Waals surface area (Å²) >= 11 is 0. The molecule has 0 aromatic carbocycles. The number of carbonyl (C=O) groups excluding carboxylic acids is 1. The minimum absolute atomic E-state index is 0.312. The minimum Gasteiger partial charge on any atom is -0.340 e. The molecule has 1 fully saturated rings. The van der Waals surface area contributed by atoms with Gasteiger partial charge in [0, 0.05) is 39.1 Å². The lowest BCUT2D eigenvalue weighted by molar-refractivity contribution is -0.133. The molecule has 1 amide bonds. The molecule has 1 saturated heterocycles. The minimum atomic E-state index is 0.312. The lowest BCUT2D eigenvalue weighted by Gasteiger charge is -2.36. The van der Waals surface area contributed by atoms with E-state index in [9.17, 15) is 4.79 Å². The summed E-state index contributed by atoms with van der Waals surface area (Å²) in [4.78, 5) is 16.3. The van der Waals surface area contributed by atoms with Gasteiger partial charge in [0.25, 0.3) is 0 Å². The van der Waals surface area contributed by atoms with Crippen molar-refractivity contribution in [3.63, 3.8) is 0 Å². The van der Waals surface area contributed by atoms with Crippen molar-refractivity contribution in [3.05, 3.63) is 0 Å². The number of piperazine rings is 1. The third-order valence-corrected chi connectivity index (χ3v) is 3.28. The highest BCUT2D eigenvalue weighted by molar-refractivity contribution is 5.76. The molecule has 0 bridgehead atoms. The largest absolute Gasteiger partial charge is 0.340 e.